The molecule has 7 nitrogen and oxygen atoms in total. The van der Waals surface area contributed by atoms with Crippen molar-refractivity contribution in [1.29, 1.82) is 0 Å². The number of hydrogen-bond acceptors (Lipinski definition) is 6. The van der Waals surface area contributed by atoms with Crippen molar-refractivity contribution in [3.63, 3.8) is 0 Å². The zero-order valence-corrected chi connectivity index (χ0v) is 19.5. The molecule has 0 spiro atoms. The van der Waals surface area contributed by atoms with E-state index >= 15 is 0 Å². The van der Waals surface area contributed by atoms with Crippen molar-refractivity contribution >= 4 is 22.9 Å². The van der Waals surface area contributed by atoms with Crippen LogP contribution in [0.15, 0.2) is 54.8 Å². The number of nitrogens with one attached hydrogen (secondary N) is 1. The van der Waals surface area contributed by atoms with Gasteiger partial charge in [-0.25, -0.2) is 15.0 Å². The largest absolute Gasteiger partial charge is 0.416 e. The van der Waals surface area contributed by atoms with Crippen molar-refractivity contribution in [2.24, 2.45) is 0 Å². The second-order valence-electron chi connectivity index (χ2n) is 8.40. The van der Waals surface area contributed by atoms with Gasteiger partial charge in [-0.05, 0) is 37.1 Å². The van der Waals surface area contributed by atoms with E-state index in [-0.39, 0.29) is 11.4 Å². The highest BCUT2D eigenvalue weighted by Crippen LogP contribution is 2.34. The smallest absolute Gasteiger partial charge is 0.322 e. The number of fused-ring (bicyclic) bond motifs is 1. The molecule has 1 aliphatic heterocycles. The van der Waals surface area contributed by atoms with E-state index in [4.69, 9.17) is 0 Å². The Morgan fingerprint density at radius 3 is 2.71 bits per heavy atom. The molecule has 4 heterocycles. The zero-order chi connectivity index (χ0) is 24.6. The third-order valence-corrected chi connectivity index (χ3v) is 6.82. The number of carbonyl (C=O) groups excluding carboxylic acids is 1. The Hall–Kier alpha value is -3.57. The third-order valence-electron chi connectivity index (χ3n) is 5.80. The van der Waals surface area contributed by atoms with Gasteiger partial charge in [0.25, 0.3) is 5.91 Å². The van der Waals surface area contributed by atoms with Crippen molar-refractivity contribution in [2.75, 3.05) is 11.9 Å². The Morgan fingerprint density at radius 1 is 1.20 bits per heavy atom. The first-order valence-corrected chi connectivity index (χ1v) is 11.7. The molecule has 0 bridgehead atoms. The molecule has 1 aromatic carbocycles. The van der Waals surface area contributed by atoms with Crippen LogP contribution < -0.4 is 5.32 Å². The monoisotopic (exact) mass is 498 g/mol. The molecule has 1 amide bonds. The number of carbonyl (C=O) groups is 1. The van der Waals surface area contributed by atoms with Gasteiger partial charge in [0, 0.05) is 65.4 Å². The number of anilines is 1. The lowest BCUT2D eigenvalue weighted by Gasteiger charge is -2.27. The number of hydrogen-bond donors (Lipinski definition) is 1. The molecule has 0 unspecified atom stereocenters. The van der Waals surface area contributed by atoms with Gasteiger partial charge >= 0.3 is 6.18 Å². The van der Waals surface area contributed by atoms with Gasteiger partial charge in [-0.2, -0.15) is 13.2 Å². The van der Waals surface area contributed by atoms with E-state index in [0.717, 1.165) is 34.7 Å². The van der Waals surface area contributed by atoms with Gasteiger partial charge in [0.15, 0.2) is 0 Å². The molecule has 0 atom stereocenters. The molecular formula is C24H21F3N6OS. The SMILES string of the molecule is Cc1cn(-c2cc(NC(=O)c3csc4c3CCN(Cc3cncnc3)C4)cc(C(F)(F)F)c2)cn1. The number of rotatable bonds is 5. The van der Waals surface area contributed by atoms with Gasteiger partial charge in [-0.15, -0.1) is 11.3 Å². The molecule has 0 fully saturated rings. The second kappa shape index (κ2) is 9.23. The van der Waals surface area contributed by atoms with Gasteiger partial charge in [0.2, 0.25) is 0 Å². The van der Waals surface area contributed by atoms with Gasteiger partial charge in [-0.3, -0.25) is 9.69 Å². The molecule has 0 saturated carbocycles. The quantitative estimate of drug-likeness (QED) is 0.425. The van der Waals surface area contributed by atoms with Crippen LogP contribution in [0.2, 0.25) is 0 Å². The number of aryl methyl sites for hydroxylation is 1. The molecule has 180 valence electrons. The maximum atomic E-state index is 13.5. The van der Waals surface area contributed by atoms with E-state index in [0.29, 0.717) is 30.8 Å². The molecule has 0 aliphatic carbocycles. The lowest BCUT2D eigenvalue weighted by atomic mass is 10.0. The first kappa shape index (κ1) is 23.2. The Labute approximate surface area is 203 Å². The topological polar surface area (TPSA) is 75.9 Å². The van der Waals surface area contributed by atoms with Crippen LogP contribution in [-0.4, -0.2) is 36.9 Å². The summed E-state index contributed by atoms with van der Waals surface area (Å²) in [6.07, 6.45) is 4.25. The van der Waals surface area contributed by atoms with E-state index in [1.807, 2.05) is 0 Å². The number of nitrogens with zero attached hydrogens (tertiary/aromatic N) is 5. The van der Waals surface area contributed by atoms with Gasteiger partial charge < -0.3 is 9.88 Å². The van der Waals surface area contributed by atoms with Gasteiger partial charge in [0.1, 0.15) is 6.33 Å². The zero-order valence-electron chi connectivity index (χ0n) is 18.7. The van der Waals surface area contributed by atoms with Gasteiger partial charge in [0.05, 0.1) is 23.1 Å². The normalized spacial score (nSPS) is 14.1. The highest BCUT2D eigenvalue weighted by atomic mass is 32.1. The van der Waals surface area contributed by atoms with Crippen LogP contribution in [0.5, 0.6) is 0 Å². The predicted molar refractivity (Wildman–Crippen MR) is 125 cm³/mol. The van der Waals surface area contributed by atoms with Crippen LogP contribution in [0.4, 0.5) is 18.9 Å². The number of thiophene rings is 1. The second-order valence-corrected chi connectivity index (χ2v) is 9.37. The van der Waals surface area contributed by atoms with Gasteiger partial charge in [-0.1, -0.05) is 0 Å². The summed E-state index contributed by atoms with van der Waals surface area (Å²) < 4.78 is 42.1. The Morgan fingerprint density at radius 2 is 2.00 bits per heavy atom. The Kier molecular flexibility index (Phi) is 6.12. The summed E-state index contributed by atoms with van der Waals surface area (Å²) in [6.45, 7) is 3.91. The fraction of sp³-hybridized carbons (Fsp3) is 0.250. The molecule has 1 N–H and O–H groups in total. The molecule has 5 rings (SSSR count). The fourth-order valence-electron chi connectivity index (χ4n) is 4.13. The van der Waals surface area contributed by atoms with Crippen LogP contribution in [0.1, 0.15) is 37.6 Å². The summed E-state index contributed by atoms with van der Waals surface area (Å²) in [7, 11) is 0. The van der Waals surface area contributed by atoms with Crippen molar-refractivity contribution in [3.05, 3.63) is 87.6 Å². The number of benzene rings is 1. The molecule has 0 saturated heterocycles. The van der Waals surface area contributed by atoms with E-state index in [2.05, 4.69) is 25.2 Å². The standard InChI is InChI=1S/C24H21F3N6OS/c1-15-9-33(14-30-15)19-5-17(24(25,26)27)4-18(6-19)31-23(34)21-12-35-22-11-32(3-2-20(21)22)10-16-7-28-13-29-8-16/h4-9,12-14H,2-3,10-11H2,1H3,(H,31,34). The lowest BCUT2D eigenvalue weighted by Crippen LogP contribution is -2.30. The number of aromatic nitrogens is 4. The molecule has 35 heavy (non-hydrogen) atoms. The highest BCUT2D eigenvalue weighted by molar-refractivity contribution is 7.10. The summed E-state index contributed by atoms with van der Waals surface area (Å²) in [5.41, 5.74) is 2.64. The molecule has 1 aliphatic rings. The highest BCUT2D eigenvalue weighted by Gasteiger charge is 2.32. The van der Waals surface area contributed by atoms with Crippen LogP contribution in [0.3, 0.4) is 0 Å². The van der Waals surface area contributed by atoms with Crippen molar-refractivity contribution in [2.45, 2.75) is 32.6 Å². The van der Waals surface area contributed by atoms with Crippen LogP contribution in [0, 0.1) is 6.92 Å². The van der Waals surface area contributed by atoms with Crippen molar-refractivity contribution in [1.82, 2.24) is 24.4 Å². The van der Waals surface area contributed by atoms with E-state index in [9.17, 15) is 18.0 Å². The molecule has 0 radical (unpaired) electrons. The number of halogens is 3. The predicted octanol–water partition coefficient (Wildman–Crippen LogP) is 4.86. The number of alkyl halides is 3. The summed E-state index contributed by atoms with van der Waals surface area (Å²) in [6, 6.07) is 3.50. The minimum absolute atomic E-state index is 0.0765. The number of amides is 1. The average Bonchev–Trinajstić information content (AvgIpc) is 3.45. The van der Waals surface area contributed by atoms with Crippen molar-refractivity contribution < 1.29 is 18.0 Å². The van der Waals surface area contributed by atoms with E-state index in [1.165, 1.54) is 34.6 Å². The summed E-state index contributed by atoms with van der Waals surface area (Å²) in [4.78, 5) is 28.6. The Balaban J connectivity index is 1.36. The van der Waals surface area contributed by atoms with Crippen LogP contribution in [-0.2, 0) is 25.7 Å². The third kappa shape index (κ3) is 5.10. The fourth-order valence-corrected chi connectivity index (χ4v) is 5.25. The maximum Gasteiger partial charge on any atom is 0.416 e. The first-order chi connectivity index (χ1) is 16.8. The number of imidazole rings is 1. The summed E-state index contributed by atoms with van der Waals surface area (Å²) in [5, 5.41) is 4.46. The van der Waals surface area contributed by atoms with E-state index < -0.39 is 17.6 Å². The average molecular weight is 499 g/mol. The van der Waals surface area contributed by atoms with Crippen LogP contribution >= 0.6 is 11.3 Å². The van der Waals surface area contributed by atoms with Crippen LogP contribution in [0.25, 0.3) is 5.69 Å². The maximum absolute atomic E-state index is 13.5. The Bertz CT molecular complexity index is 1370. The lowest BCUT2D eigenvalue weighted by molar-refractivity contribution is -0.137. The molecule has 4 aromatic rings. The van der Waals surface area contributed by atoms with Crippen molar-refractivity contribution in [3.8, 4) is 5.69 Å². The van der Waals surface area contributed by atoms with E-state index in [1.54, 1.807) is 30.9 Å². The molecule has 3 aromatic heterocycles. The minimum atomic E-state index is -4.56. The molecule has 11 heteroatoms. The first-order valence-electron chi connectivity index (χ1n) is 10.9. The molecular weight excluding hydrogens is 477 g/mol. The summed E-state index contributed by atoms with van der Waals surface area (Å²) in [5.74, 6) is -0.417. The summed E-state index contributed by atoms with van der Waals surface area (Å²) >= 11 is 1.49. The minimum Gasteiger partial charge on any atom is -0.322 e.